The number of nitrogens with two attached hydrogens (primary N) is 1. The molecule has 1 nitrogen and oxygen atoms in total. The molecule has 0 aromatic heterocycles. The normalized spacial score (nSPS) is 12.1. The van der Waals surface area contributed by atoms with Gasteiger partial charge in [0.25, 0.3) is 5.92 Å². The lowest BCUT2D eigenvalue weighted by atomic mass is 10.0. The Morgan fingerprint density at radius 3 is 1.75 bits per heavy atom. The first-order valence-electron chi connectivity index (χ1n) is 4.03. The van der Waals surface area contributed by atoms with Crippen molar-refractivity contribution in [3.05, 3.63) is 35.4 Å². The average Bonchev–Trinajstić information content (AvgIpc) is 2.16. The third kappa shape index (κ3) is 3.05. The zero-order valence-electron chi connectivity index (χ0n) is 7.89. The summed E-state index contributed by atoms with van der Waals surface area (Å²) in [6.45, 7) is -1.15. The van der Waals surface area contributed by atoms with Crippen molar-refractivity contribution < 1.29 is 22.0 Å². The fourth-order valence-corrected chi connectivity index (χ4v) is 1.16. The Hall–Kier alpha value is -0.880. The average molecular weight is 262 g/mol. The lowest BCUT2D eigenvalue weighted by molar-refractivity contribution is -0.141. The molecule has 0 amide bonds. The molecule has 0 spiro atoms. The zero-order valence-corrected chi connectivity index (χ0v) is 8.71. The molecule has 1 aromatic rings. The van der Waals surface area contributed by atoms with Gasteiger partial charge in [0.15, 0.2) is 0 Å². The third-order valence-electron chi connectivity index (χ3n) is 1.88. The second-order valence-corrected chi connectivity index (χ2v) is 2.95. The molecule has 2 N–H and O–H groups in total. The molecule has 0 aliphatic carbocycles. The van der Waals surface area contributed by atoms with Gasteiger partial charge >= 0.3 is 6.18 Å². The van der Waals surface area contributed by atoms with E-state index in [1.807, 2.05) is 0 Å². The van der Waals surface area contributed by atoms with Gasteiger partial charge in [-0.15, -0.1) is 12.4 Å². The maximum Gasteiger partial charge on any atom is 0.416 e. The number of alkyl halides is 5. The summed E-state index contributed by atoms with van der Waals surface area (Å²) in [4.78, 5) is 0. The van der Waals surface area contributed by atoms with E-state index in [4.69, 9.17) is 5.73 Å². The second kappa shape index (κ2) is 4.97. The number of hydrogen-bond acceptors (Lipinski definition) is 1. The molecule has 0 saturated heterocycles. The number of hydrogen-bond donors (Lipinski definition) is 1. The topological polar surface area (TPSA) is 26.0 Å². The minimum Gasteiger partial charge on any atom is -0.325 e. The largest absolute Gasteiger partial charge is 0.416 e. The van der Waals surface area contributed by atoms with E-state index in [1.165, 1.54) is 0 Å². The van der Waals surface area contributed by atoms with Crippen LogP contribution in [-0.2, 0) is 12.1 Å². The van der Waals surface area contributed by atoms with Crippen molar-refractivity contribution in [2.75, 3.05) is 6.54 Å². The molecule has 0 fully saturated rings. The van der Waals surface area contributed by atoms with E-state index >= 15 is 0 Å². The Morgan fingerprint density at radius 1 is 0.938 bits per heavy atom. The summed E-state index contributed by atoms with van der Waals surface area (Å²) >= 11 is 0. The van der Waals surface area contributed by atoms with Crippen molar-refractivity contribution >= 4 is 12.4 Å². The van der Waals surface area contributed by atoms with Gasteiger partial charge < -0.3 is 5.73 Å². The Labute approximate surface area is 94.8 Å². The van der Waals surface area contributed by atoms with Crippen LogP contribution >= 0.6 is 12.4 Å². The molecule has 0 aliphatic rings. The van der Waals surface area contributed by atoms with Crippen molar-refractivity contribution in [1.29, 1.82) is 0 Å². The molecule has 0 atom stereocenters. The van der Waals surface area contributed by atoms with Gasteiger partial charge in [0, 0.05) is 5.56 Å². The second-order valence-electron chi connectivity index (χ2n) is 2.95. The monoisotopic (exact) mass is 261 g/mol. The number of rotatable bonds is 2. The molecule has 1 rings (SSSR count). The first-order valence-corrected chi connectivity index (χ1v) is 4.03. The van der Waals surface area contributed by atoms with Crippen LogP contribution in [0.4, 0.5) is 22.0 Å². The summed E-state index contributed by atoms with van der Waals surface area (Å²) in [6, 6.07) is 3.52. The summed E-state index contributed by atoms with van der Waals surface area (Å²) in [5.41, 5.74) is 2.30. The summed E-state index contributed by atoms with van der Waals surface area (Å²) in [6.07, 6.45) is -4.80. The highest BCUT2D eigenvalue weighted by atomic mass is 35.5. The Bertz CT molecular complexity index is 350. The van der Waals surface area contributed by atoms with Crippen LogP contribution in [0.25, 0.3) is 0 Å². The first-order chi connectivity index (χ1) is 6.79. The Morgan fingerprint density at radius 2 is 1.38 bits per heavy atom. The molecule has 1 aromatic carbocycles. The summed E-state index contributed by atoms with van der Waals surface area (Å²) in [5, 5.41) is 0. The standard InChI is InChI=1S/C9H8F5N.ClH/c10-8(11,5-15)6-3-1-2-4-7(6)9(12,13)14;/h1-4H,5,15H2;1H. The molecular weight excluding hydrogens is 253 g/mol. The minimum absolute atomic E-state index is 0. The van der Waals surface area contributed by atoms with Crippen molar-refractivity contribution in [3.8, 4) is 0 Å². The van der Waals surface area contributed by atoms with Crippen molar-refractivity contribution in [3.63, 3.8) is 0 Å². The van der Waals surface area contributed by atoms with Crippen LogP contribution in [0, 0.1) is 0 Å². The van der Waals surface area contributed by atoms with Crippen molar-refractivity contribution in [2.45, 2.75) is 12.1 Å². The summed E-state index contributed by atoms with van der Waals surface area (Å²) in [5.74, 6) is -3.66. The number of benzene rings is 1. The van der Waals surface area contributed by atoms with Gasteiger partial charge in [-0.25, -0.2) is 0 Å². The lowest BCUT2D eigenvalue weighted by Crippen LogP contribution is -2.28. The van der Waals surface area contributed by atoms with Crippen LogP contribution in [-0.4, -0.2) is 6.54 Å². The smallest absolute Gasteiger partial charge is 0.325 e. The van der Waals surface area contributed by atoms with Crippen LogP contribution in [0.2, 0.25) is 0 Å². The van der Waals surface area contributed by atoms with E-state index in [1.54, 1.807) is 0 Å². The third-order valence-corrected chi connectivity index (χ3v) is 1.88. The van der Waals surface area contributed by atoms with Crippen LogP contribution in [0.3, 0.4) is 0 Å². The van der Waals surface area contributed by atoms with Gasteiger partial charge in [0.05, 0.1) is 12.1 Å². The predicted molar refractivity (Wildman–Crippen MR) is 51.6 cm³/mol. The van der Waals surface area contributed by atoms with Gasteiger partial charge in [-0.1, -0.05) is 18.2 Å². The molecule has 92 valence electrons. The highest BCUT2D eigenvalue weighted by molar-refractivity contribution is 5.85. The molecule has 16 heavy (non-hydrogen) atoms. The van der Waals surface area contributed by atoms with E-state index in [2.05, 4.69) is 0 Å². The maximum absolute atomic E-state index is 13.1. The molecule has 0 unspecified atom stereocenters. The highest BCUT2D eigenvalue weighted by Gasteiger charge is 2.41. The fourth-order valence-electron chi connectivity index (χ4n) is 1.16. The van der Waals surface area contributed by atoms with Crippen LogP contribution in [0.1, 0.15) is 11.1 Å². The number of halogens is 6. The van der Waals surface area contributed by atoms with E-state index in [-0.39, 0.29) is 12.4 Å². The van der Waals surface area contributed by atoms with Gasteiger partial charge in [0.1, 0.15) is 0 Å². The highest BCUT2D eigenvalue weighted by Crippen LogP contribution is 2.38. The van der Waals surface area contributed by atoms with E-state index in [0.29, 0.717) is 6.07 Å². The van der Waals surface area contributed by atoms with E-state index in [0.717, 1.165) is 18.2 Å². The molecule has 0 aliphatic heterocycles. The zero-order chi connectivity index (χ0) is 11.7. The molecule has 7 heteroatoms. The maximum atomic E-state index is 13.1. The van der Waals surface area contributed by atoms with E-state index in [9.17, 15) is 22.0 Å². The van der Waals surface area contributed by atoms with Crippen LogP contribution in [0.15, 0.2) is 24.3 Å². The van der Waals surface area contributed by atoms with Crippen LogP contribution in [0.5, 0.6) is 0 Å². The quantitative estimate of drug-likeness (QED) is 0.813. The molecule has 0 radical (unpaired) electrons. The summed E-state index contributed by atoms with van der Waals surface area (Å²) in [7, 11) is 0. The molecule has 0 bridgehead atoms. The summed E-state index contributed by atoms with van der Waals surface area (Å²) < 4.78 is 63.1. The molecular formula is C9H9ClF5N. The van der Waals surface area contributed by atoms with Gasteiger partial charge in [-0.05, 0) is 6.07 Å². The first kappa shape index (κ1) is 15.1. The van der Waals surface area contributed by atoms with Gasteiger partial charge in [0.2, 0.25) is 0 Å². The minimum atomic E-state index is -4.80. The molecule has 0 heterocycles. The van der Waals surface area contributed by atoms with Crippen molar-refractivity contribution in [2.24, 2.45) is 5.73 Å². The lowest BCUT2D eigenvalue weighted by Gasteiger charge is -2.19. The SMILES string of the molecule is Cl.NCC(F)(F)c1ccccc1C(F)(F)F. The predicted octanol–water partition coefficient (Wildman–Crippen LogP) is 3.18. The fraction of sp³-hybridized carbons (Fsp3) is 0.333. The Balaban J connectivity index is 0.00000225. The molecule has 0 saturated carbocycles. The van der Waals surface area contributed by atoms with Crippen molar-refractivity contribution in [1.82, 2.24) is 0 Å². The van der Waals surface area contributed by atoms with Gasteiger partial charge in [-0.2, -0.15) is 22.0 Å². The van der Waals surface area contributed by atoms with Gasteiger partial charge in [-0.3, -0.25) is 0 Å². The van der Waals surface area contributed by atoms with Crippen LogP contribution < -0.4 is 5.73 Å². The Kier molecular flexibility index (Phi) is 4.69. The van der Waals surface area contributed by atoms with E-state index < -0.39 is 29.8 Å².